The zero-order chi connectivity index (χ0) is 10.0. The summed E-state index contributed by atoms with van der Waals surface area (Å²) < 4.78 is 5.17. The zero-order valence-corrected chi connectivity index (χ0v) is 8.12. The second-order valence-electron chi connectivity index (χ2n) is 3.79. The van der Waals surface area contributed by atoms with E-state index >= 15 is 0 Å². The highest BCUT2D eigenvalue weighted by Crippen LogP contribution is 2.28. The SMILES string of the molecule is C=C(CO)C1OC(=O)C(C)CC1C. The van der Waals surface area contributed by atoms with Crippen LogP contribution in [0.2, 0.25) is 0 Å². The zero-order valence-electron chi connectivity index (χ0n) is 8.12. The molecule has 0 aromatic carbocycles. The molecule has 1 aliphatic rings. The highest BCUT2D eigenvalue weighted by Gasteiger charge is 2.33. The van der Waals surface area contributed by atoms with E-state index in [9.17, 15) is 4.79 Å². The lowest BCUT2D eigenvalue weighted by Crippen LogP contribution is -2.37. The minimum atomic E-state index is -0.298. The molecule has 1 N–H and O–H groups in total. The van der Waals surface area contributed by atoms with Crippen molar-refractivity contribution < 1.29 is 14.6 Å². The van der Waals surface area contributed by atoms with E-state index in [-0.39, 0.29) is 30.5 Å². The van der Waals surface area contributed by atoms with Crippen molar-refractivity contribution in [3.05, 3.63) is 12.2 Å². The fraction of sp³-hybridized carbons (Fsp3) is 0.700. The molecule has 0 bridgehead atoms. The Morgan fingerprint density at radius 2 is 2.31 bits per heavy atom. The highest BCUT2D eigenvalue weighted by atomic mass is 16.5. The second kappa shape index (κ2) is 3.92. The molecular formula is C10H16O3. The molecule has 0 aromatic rings. The summed E-state index contributed by atoms with van der Waals surface area (Å²) in [4.78, 5) is 11.2. The number of hydrogen-bond donors (Lipinski definition) is 1. The molecule has 1 heterocycles. The molecule has 0 aromatic heterocycles. The number of ether oxygens (including phenoxy) is 1. The quantitative estimate of drug-likeness (QED) is 0.516. The molecule has 1 aliphatic heterocycles. The van der Waals surface area contributed by atoms with Gasteiger partial charge in [-0.25, -0.2) is 0 Å². The summed E-state index contributed by atoms with van der Waals surface area (Å²) in [6.07, 6.45) is 0.511. The minimum absolute atomic E-state index is 0.0299. The number of carbonyl (C=O) groups is 1. The Labute approximate surface area is 78.4 Å². The summed E-state index contributed by atoms with van der Waals surface area (Å²) in [5.41, 5.74) is 0.591. The first-order valence-corrected chi connectivity index (χ1v) is 4.55. The molecule has 1 fully saturated rings. The van der Waals surface area contributed by atoms with Crippen LogP contribution in [0.1, 0.15) is 20.3 Å². The van der Waals surface area contributed by atoms with E-state index in [1.165, 1.54) is 0 Å². The topological polar surface area (TPSA) is 46.5 Å². The van der Waals surface area contributed by atoms with Crippen LogP contribution in [-0.4, -0.2) is 23.8 Å². The number of rotatable bonds is 2. The molecule has 0 saturated carbocycles. The van der Waals surface area contributed by atoms with Crippen LogP contribution in [0.25, 0.3) is 0 Å². The predicted octanol–water partition coefficient (Wildman–Crippen LogP) is 1.12. The number of cyclic esters (lactones) is 1. The third-order valence-corrected chi connectivity index (χ3v) is 2.49. The van der Waals surface area contributed by atoms with Crippen LogP contribution in [0, 0.1) is 11.8 Å². The molecule has 0 spiro atoms. The molecule has 0 radical (unpaired) electrons. The van der Waals surface area contributed by atoms with Gasteiger partial charge in [0.1, 0.15) is 6.10 Å². The van der Waals surface area contributed by atoms with Crippen molar-refractivity contribution >= 4 is 5.97 Å². The number of hydrogen-bond acceptors (Lipinski definition) is 3. The summed E-state index contributed by atoms with van der Waals surface area (Å²) in [5, 5.41) is 8.87. The molecule has 3 heteroatoms. The second-order valence-corrected chi connectivity index (χ2v) is 3.79. The van der Waals surface area contributed by atoms with Gasteiger partial charge in [-0.2, -0.15) is 0 Å². The van der Waals surface area contributed by atoms with Crippen molar-refractivity contribution in [2.75, 3.05) is 6.61 Å². The van der Waals surface area contributed by atoms with Crippen molar-refractivity contribution in [1.29, 1.82) is 0 Å². The van der Waals surface area contributed by atoms with Gasteiger partial charge in [-0.05, 0) is 17.9 Å². The van der Waals surface area contributed by atoms with Crippen molar-refractivity contribution in [2.45, 2.75) is 26.4 Å². The average Bonchev–Trinajstić information content (AvgIpc) is 2.10. The smallest absolute Gasteiger partial charge is 0.309 e. The molecule has 74 valence electrons. The molecule has 0 aliphatic carbocycles. The lowest BCUT2D eigenvalue weighted by molar-refractivity contribution is -0.161. The highest BCUT2D eigenvalue weighted by molar-refractivity contribution is 5.73. The minimum Gasteiger partial charge on any atom is -0.457 e. The normalized spacial score (nSPS) is 34.1. The van der Waals surface area contributed by atoms with Crippen LogP contribution < -0.4 is 0 Å². The van der Waals surface area contributed by atoms with E-state index in [1.54, 1.807) is 0 Å². The van der Waals surface area contributed by atoms with Gasteiger partial charge in [-0.15, -0.1) is 0 Å². The van der Waals surface area contributed by atoms with E-state index in [0.717, 1.165) is 6.42 Å². The van der Waals surface area contributed by atoms with Crippen LogP contribution in [0.3, 0.4) is 0 Å². The first-order valence-electron chi connectivity index (χ1n) is 4.55. The van der Waals surface area contributed by atoms with Gasteiger partial charge in [0.15, 0.2) is 0 Å². The molecule has 1 rings (SSSR count). The largest absolute Gasteiger partial charge is 0.457 e. The first kappa shape index (κ1) is 10.3. The maximum atomic E-state index is 11.2. The Morgan fingerprint density at radius 3 is 2.85 bits per heavy atom. The Hall–Kier alpha value is -0.830. The van der Waals surface area contributed by atoms with Gasteiger partial charge in [0.2, 0.25) is 0 Å². The van der Waals surface area contributed by atoms with Gasteiger partial charge in [-0.1, -0.05) is 20.4 Å². The Kier molecular flexibility index (Phi) is 3.09. The third-order valence-electron chi connectivity index (χ3n) is 2.49. The lowest BCUT2D eigenvalue weighted by atomic mass is 9.87. The predicted molar refractivity (Wildman–Crippen MR) is 49.1 cm³/mol. The monoisotopic (exact) mass is 184 g/mol. The van der Waals surface area contributed by atoms with E-state index in [4.69, 9.17) is 9.84 Å². The Bertz CT molecular complexity index is 222. The fourth-order valence-electron chi connectivity index (χ4n) is 1.71. The van der Waals surface area contributed by atoms with Crippen LogP contribution in [-0.2, 0) is 9.53 Å². The summed E-state index contributed by atoms with van der Waals surface area (Å²) in [6, 6.07) is 0. The standard InChI is InChI=1S/C10H16O3/c1-6-4-7(2)10(12)13-9(6)8(3)5-11/h6-7,9,11H,3-5H2,1-2H3. The summed E-state index contributed by atoms with van der Waals surface area (Å²) in [7, 11) is 0. The van der Waals surface area contributed by atoms with Gasteiger partial charge in [0.05, 0.1) is 12.5 Å². The summed E-state index contributed by atoms with van der Waals surface area (Å²) in [5.74, 6) is 0.0443. The maximum absolute atomic E-state index is 11.2. The van der Waals surface area contributed by atoms with Gasteiger partial charge in [0.25, 0.3) is 0 Å². The van der Waals surface area contributed by atoms with Crippen LogP contribution >= 0.6 is 0 Å². The van der Waals surface area contributed by atoms with Gasteiger partial charge < -0.3 is 9.84 Å². The average molecular weight is 184 g/mol. The lowest BCUT2D eigenvalue weighted by Gasteiger charge is -2.32. The Morgan fingerprint density at radius 1 is 1.69 bits per heavy atom. The van der Waals surface area contributed by atoms with Gasteiger partial charge >= 0.3 is 5.97 Å². The third kappa shape index (κ3) is 2.10. The molecular weight excluding hydrogens is 168 g/mol. The number of aliphatic hydroxyl groups is 1. The fourth-order valence-corrected chi connectivity index (χ4v) is 1.71. The molecule has 1 saturated heterocycles. The summed E-state index contributed by atoms with van der Waals surface area (Å²) in [6.45, 7) is 7.43. The molecule has 3 unspecified atom stereocenters. The molecule has 3 atom stereocenters. The molecule has 3 nitrogen and oxygen atoms in total. The van der Waals surface area contributed by atoms with Gasteiger partial charge in [0, 0.05) is 0 Å². The van der Waals surface area contributed by atoms with E-state index in [1.807, 2.05) is 13.8 Å². The molecule has 0 amide bonds. The van der Waals surface area contributed by atoms with Crippen LogP contribution in [0.4, 0.5) is 0 Å². The van der Waals surface area contributed by atoms with Crippen LogP contribution in [0.5, 0.6) is 0 Å². The van der Waals surface area contributed by atoms with E-state index < -0.39 is 0 Å². The number of aliphatic hydroxyl groups excluding tert-OH is 1. The first-order chi connectivity index (χ1) is 6.06. The summed E-state index contributed by atoms with van der Waals surface area (Å²) >= 11 is 0. The van der Waals surface area contributed by atoms with E-state index in [0.29, 0.717) is 5.57 Å². The van der Waals surface area contributed by atoms with Crippen LogP contribution in [0.15, 0.2) is 12.2 Å². The van der Waals surface area contributed by atoms with Gasteiger partial charge in [-0.3, -0.25) is 4.79 Å². The number of esters is 1. The van der Waals surface area contributed by atoms with Crippen molar-refractivity contribution in [3.63, 3.8) is 0 Å². The Balaban J connectivity index is 2.66. The maximum Gasteiger partial charge on any atom is 0.309 e. The number of carbonyl (C=O) groups excluding carboxylic acids is 1. The van der Waals surface area contributed by atoms with Crippen molar-refractivity contribution in [2.24, 2.45) is 11.8 Å². The van der Waals surface area contributed by atoms with Crippen molar-refractivity contribution in [1.82, 2.24) is 0 Å². The van der Waals surface area contributed by atoms with Crippen molar-refractivity contribution in [3.8, 4) is 0 Å². The molecule has 13 heavy (non-hydrogen) atoms. The van der Waals surface area contributed by atoms with E-state index in [2.05, 4.69) is 6.58 Å².